The number of benzene rings is 1. The maximum atomic E-state index is 11.9. The van der Waals surface area contributed by atoms with Crippen LogP contribution >= 0.6 is 15.9 Å². The Kier molecular flexibility index (Phi) is 5.35. The van der Waals surface area contributed by atoms with Gasteiger partial charge in [0.2, 0.25) is 16.0 Å². The zero-order valence-corrected chi connectivity index (χ0v) is 15.1. The SMILES string of the molecule is COCCc1cc(-c2cnc(N)nc2C)cc(S(N)(=O)=O)c1Br. The van der Waals surface area contributed by atoms with Gasteiger partial charge >= 0.3 is 0 Å². The van der Waals surface area contributed by atoms with Gasteiger partial charge in [-0.05, 0) is 52.5 Å². The number of hydrogen-bond acceptors (Lipinski definition) is 6. The van der Waals surface area contributed by atoms with Gasteiger partial charge in [-0.25, -0.2) is 23.5 Å². The molecule has 9 heteroatoms. The second-order valence-electron chi connectivity index (χ2n) is 4.96. The topological polar surface area (TPSA) is 121 Å². The maximum Gasteiger partial charge on any atom is 0.239 e. The third-order valence-corrected chi connectivity index (χ3v) is 5.44. The van der Waals surface area contributed by atoms with Gasteiger partial charge in [0.05, 0.1) is 17.2 Å². The van der Waals surface area contributed by atoms with Gasteiger partial charge in [-0.15, -0.1) is 0 Å². The fourth-order valence-electron chi connectivity index (χ4n) is 2.18. The molecule has 23 heavy (non-hydrogen) atoms. The van der Waals surface area contributed by atoms with Crippen LogP contribution in [0.4, 0.5) is 5.95 Å². The quantitative estimate of drug-likeness (QED) is 0.786. The van der Waals surface area contributed by atoms with Crippen molar-refractivity contribution in [3.8, 4) is 11.1 Å². The minimum Gasteiger partial charge on any atom is -0.384 e. The second kappa shape index (κ2) is 6.91. The van der Waals surface area contributed by atoms with E-state index in [9.17, 15) is 8.42 Å². The Hall–Kier alpha value is -1.55. The van der Waals surface area contributed by atoms with Crippen LogP contribution in [0.3, 0.4) is 0 Å². The molecule has 0 radical (unpaired) electrons. The fraction of sp³-hybridized carbons (Fsp3) is 0.286. The van der Waals surface area contributed by atoms with Gasteiger partial charge in [-0.1, -0.05) is 0 Å². The summed E-state index contributed by atoms with van der Waals surface area (Å²) in [6.07, 6.45) is 2.09. The molecular weight excluding hydrogens is 384 g/mol. The molecule has 2 aromatic rings. The molecule has 0 amide bonds. The summed E-state index contributed by atoms with van der Waals surface area (Å²) in [5, 5.41) is 5.32. The van der Waals surface area contributed by atoms with Gasteiger partial charge in [-0.3, -0.25) is 0 Å². The summed E-state index contributed by atoms with van der Waals surface area (Å²) in [4.78, 5) is 8.09. The van der Waals surface area contributed by atoms with Crippen molar-refractivity contribution >= 4 is 31.9 Å². The monoisotopic (exact) mass is 400 g/mol. The zero-order chi connectivity index (χ0) is 17.2. The number of halogens is 1. The van der Waals surface area contributed by atoms with Crippen LogP contribution in [0.2, 0.25) is 0 Å². The van der Waals surface area contributed by atoms with Crippen molar-refractivity contribution in [1.82, 2.24) is 9.97 Å². The molecule has 0 aliphatic carbocycles. The van der Waals surface area contributed by atoms with Gasteiger partial charge in [0, 0.05) is 23.3 Å². The van der Waals surface area contributed by atoms with Crippen LogP contribution in [0.25, 0.3) is 11.1 Å². The number of nitrogens with two attached hydrogens (primary N) is 2. The van der Waals surface area contributed by atoms with E-state index >= 15 is 0 Å². The van der Waals surface area contributed by atoms with Crippen LogP contribution in [-0.2, 0) is 21.2 Å². The summed E-state index contributed by atoms with van der Waals surface area (Å²) in [6, 6.07) is 3.36. The molecule has 0 saturated carbocycles. The third-order valence-electron chi connectivity index (χ3n) is 3.31. The minimum absolute atomic E-state index is 0.0114. The summed E-state index contributed by atoms with van der Waals surface area (Å²) in [5.41, 5.74) is 8.32. The van der Waals surface area contributed by atoms with E-state index in [2.05, 4.69) is 25.9 Å². The molecule has 0 spiro atoms. The number of nitrogens with zero attached hydrogens (tertiary/aromatic N) is 2. The molecule has 7 nitrogen and oxygen atoms in total. The van der Waals surface area contributed by atoms with Crippen LogP contribution < -0.4 is 10.9 Å². The predicted molar refractivity (Wildman–Crippen MR) is 91.3 cm³/mol. The van der Waals surface area contributed by atoms with Crippen molar-refractivity contribution < 1.29 is 13.2 Å². The molecular formula is C14H17BrN4O3S. The van der Waals surface area contributed by atoms with Crippen molar-refractivity contribution in [2.75, 3.05) is 19.5 Å². The largest absolute Gasteiger partial charge is 0.384 e. The third kappa shape index (κ3) is 4.05. The first-order valence-corrected chi connectivity index (χ1v) is 9.01. The standard InChI is InChI=1S/C14H17BrN4O3S/c1-8-11(7-18-14(16)19-8)10-5-9(3-4-22-2)13(15)12(6-10)23(17,20)21/h5-7H,3-4H2,1-2H3,(H2,16,18,19)(H2,17,20,21). The molecule has 2 rings (SSSR count). The lowest BCUT2D eigenvalue weighted by Crippen LogP contribution is -2.14. The smallest absolute Gasteiger partial charge is 0.239 e. The Morgan fingerprint density at radius 1 is 1.35 bits per heavy atom. The highest BCUT2D eigenvalue weighted by Gasteiger charge is 2.19. The molecule has 1 heterocycles. The summed E-state index contributed by atoms with van der Waals surface area (Å²) < 4.78 is 29.2. The fourth-order valence-corrected chi connectivity index (χ4v) is 3.96. The predicted octanol–water partition coefficient (Wildman–Crippen LogP) is 1.63. The highest BCUT2D eigenvalue weighted by molar-refractivity contribution is 9.10. The Labute approximate surface area is 143 Å². The Morgan fingerprint density at radius 2 is 2.04 bits per heavy atom. The molecule has 0 unspecified atom stereocenters. The molecule has 1 aromatic heterocycles. The molecule has 0 bridgehead atoms. The van der Waals surface area contributed by atoms with E-state index in [1.54, 1.807) is 20.2 Å². The number of sulfonamides is 1. The molecule has 0 aliphatic rings. The number of aryl methyl sites for hydroxylation is 1. The number of ether oxygens (including phenoxy) is 1. The Morgan fingerprint density at radius 3 is 2.61 bits per heavy atom. The Bertz CT molecular complexity index is 840. The summed E-state index contributed by atoms with van der Waals surface area (Å²) in [5.74, 6) is 0.162. The first kappa shape index (κ1) is 17.8. The average Bonchev–Trinajstić information content (AvgIpc) is 2.45. The van der Waals surface area contributed by atoms with E-state index < -0.39 is 10.0 Å². The maximum absolute atomic E-state index is 11.9. The summed E-state index contributed by atoms with van der Waals surface area (Å²) in [7, 11) is -2.31. The molecule has 0 aliphatic heterocycles. The summed E-state index contributed by atoms with van der Waals surface area (Å²) >= 11 is 3.32. The zero-order valence-electron chi connectivity index (χ0n) is 12.7. The van der Waals surface area contributed by atoms with Crippen LogP contribution in [0.1, 0.15) is 11.3 Å². The highest BCUT2D eigenvalue weighted by atomic mass is 79.9. The van der Waals surface area contributed by atoms with E-state index in [0.29, 0.717) is 34.3 Å². The van der Waals surface area contributed by atoms with E-state index in [0.717, 1.165) is 5.56 Å². The van der Waals surface area contributed by atoms with Gasteiger partial charge in [0.1, 0.15) is 0 Å². The van der Waals surface area contributed by atoms with Gasteiger partial charge < -0.3 is 10.5 Å². The van der Waals surface area contributed by atoms with Gasteiger partial charge in [0.15, 0.2) is 0 Å². The number of aromatic nitrogens is 2. The minimum atomic E-state index is -3.89. The lowest BCUT2D eigenvalue weighted by Gasteiger charge is -2.13. The van der Waals surface area contributed by atoms with Gasteiger partial charge in [-0.2, -0.15) is 0 Å². The lowest BCUT2D eigenvalue weighted by atomic mass is 10.0. The molecule has 4 N–H and O–H groups in total. The average molecular weight is 401 g/mol. The van der Waals surface area contributed by atoms with E-state index in [4.69, 9.17) is 15.6 Å². The van der Waals surface area contributed by atoms with Crippen molar-refractivity contribution in [3.05, 3.63) is 34.1 Å². The lowest BCUT2D eigenvalue weighted by molar-refractivity contribution is 0.202. The van der Waals surface area contributed by atoms with E-state index in [1.165, 1.54) is 6.07 Å². The van der Waals surface area contributed by atoms with E-state index in [1.807, 2.05) is 6.07 Å². The number of anilines is 1. The van der Waals surface area contributed by atoms with Crippen molar-refractivity contribution in [2.45, 2.75) is 18.2 Å². The number of methoxy groups -OCH3 is 1. The van der Waals surface area contributed by atoms with Crippen LogP contribution in [0, 0.1) is 6.92 Å². The van der Waals surface area contributed by atoms with Gasteiger partial charge in [0.25, 0.3) is 0 Å². The second-order valence-corrected chi connectivity index (χ2v) is 7.29. The molecule has 1 aromatic carbocycles. The van der Waals surface area contributed by atoms with Crippen LogP contribution in [0.5, 0.6) is 0 Å². The van der Waals surface area contributed by atoms with Crippen LogP contribution in [-0.4, -0.2) is 32.1 Å². The van der Waals surface area contributed by atoms with Crippen molar-refractivity contribution in [1.29, 1.82) is 0 Å². The first-order valence-electron chi connectivity index (χ1n) is 6.67. The Balaban J connectivity index is 2.68. The summed E-state index contributed by atoms with van der Waals surface area (Å²) in [6.45, 7) is 2.23. The number of nitrogen functional groups attached to an aromatic ring is 1. The van der Waals surface area contributed by atoms with Crippen LogP contribution in [0.15, 0.2) is 27.7 Å². The molecule has 0 saturated heterocycles. The highest BCUT2D eigenvalue weighted by Crippen LogP contribution is 2.33. The van der Waals surface area contributed by atoms with Crippen molar-refractivity contribution in [2.24, 2.45) is 5.14 Å². The molecule has 0 fully saturated rings. The number of primary sulfonamides is 1. The normalized spacial score (nSPS) is 11.7. The first-order chi connectivity index (χ1) is 10.7. The van der Waals surface area contributed by atoms with E-state index in [-0.39, 0.29) is 10.8 Å². The van der Waals surface area contributed by atoms with Crippen molar-refractivity contribution in [3.63, 3.8) is 0 Å². The molecule has 0 atom stereocenters. The number of hydrogen-bond donors (Lipinski definition) is 2. The number of rotatable bonds is 5. The molecule has 124 valence electrons.